The summed E-state index contributed by atoms with van der Waals surface area (Å²) in [7, 11) is 0. The first kappa shape index (κ1) is 10.3. The van der Waals surface area contributed by atoms with E-state index in [1.165, 1.54) is 13.0 Å². The average molecular weight is 165 g/mol. The summed E-state index contributed by atoms with van der Waals surface area (Å²) >= 11 is 0. The number of rotatable bonds is 4. The molecule has 0 heterocycles. The summed E-state index contributed by atoms with van der Waals surface area (Å²) in [6.45, 7) is 1.51. The predicted octanol–water partition coefficient (Wildman–Crippen LogP) is 2.53. The minimum Gasteiger partial charge on any atom is -0.231 e. The van der Waals surface area contributed by atoms with Gasteiger partial charge in [0.1, 0.15) is 0 Å². The largest absolute Gasteiger partial charge is 0.238 e. The lowest BCUT2D eigenvalue weighted by Crippen LogP contribution is -2.08. The van der Waals surface area contributed by atoms with Crippen LogP contribution in [0.25, 0.3) is 0 Å². The van der Waals surface area contributed by atoms with Crippen LogP contribution in [0, 0.1) is 17.2 Å². The fourth-order valence-electron chi connectivity index (χ4n) is 0.806. The maximum absolute atomic E-state index is 12.2. The second-order valence-corrected chi connectivity index (χ2v) is 2.56. The molecule has 0 saturated carbocycles. The van der Waals surface area contributed by atoms with Crippen molar-refractivity contribution < 1.29 is 13.2 Å². The monoisotopic (exact) mass is 165 g/mol. The normalized spacial score (nSPS) is 16.0. The van der Waals surface area contributed by atoms with Crippen LogP contribution in [-0.2, 0) is 0 Å². The third-order valence-electron chi connectivity index (χ3n) is 1.33. The van der Waals surface area contributed by atoms with Crippen LogP contribution in [0.5, 0.6) is 0 Å². The maximum Gasteiger partial charge on any atom is 0.238 e. The second kappa shape index (κ2) is 5.00. The molecule has 0 radical (unpaired) electrons. The quantitative estimate of drug-likeness (QED) is 0.627. The molecule has 0 bridgehead atoms. The summed E-state index contributed by atoms with van der Waals surface area (Å²) in [6.07, 6.45) is -4.44. The molecular weight excluding hydrogens is 155 g/mol. The van der Waals surface area contributed by atoms with Crippen LogP contribution in [0.2, 0.25) is 0 Å². The Morgan fingerprint density at radius 3 is 2.18 bits per heavy atom. The Labute approximate surface area is 63.8 Å². The first-order chi connectivity index (χ1) is 5.06. The lowest BCUT2D eigenvalue weighted by Gasteiger charge is -2.08. The van der Waals surface area contributed by atoms with Crippen LogP contribution in [0.1, 0.15) is 19.8 Å². The van der Waals surface area contributed by atoms with Gasteiger partial charge in [-0.25, -0.2) is 13.2 Å². The highest BCUT2D eigenvalue weighted by Crippen LogP contribution is 2.16. The molecule has 64 valence electrons. The van der Waals surface area contributed by atoms with Gasteiger partial charge in [0.05, 0.1) is 6.07 Å². The molecule has 2 unspecified atom stereocenters. The molecule has 0 aliphatic carbocycles. The van der Waals surface area contributed by atoms with E-state index in [9.17, 15) is 13.2 Å². The molecule has 0 aliphatic heterocycles. The zero-order chi connectivity index (χ0) is 8.85. The van der Waals surface area contributed by atoms with Gasteiger partial charge in [0.15, 0.2) is 6.17 Å². The van der Waals surface area contributed by atoms with Crippen LogP contribution in [0.4, 0.5) is 13.2 Å². The Kier molecular flexibility index (Phi) is 4.67. The second-order valence-electron chi connectivity index (χ2n) is 2.56. The molecule has 1 nitrogen and oxygen atoms in total. The predicted molar refractivity (Wildman–Crippen MR) is 34.9 cm³/mol. The Bertz CT molecular complexity index is 141. The van der Waals surface area contributed by atoms with Crippen molar-refractivity contribution in [3.63, 3.8) is 0 Å². The number of nitriles is 1. The molecule has 0 saturated heterocycles. The molecule has 0 rings (SSSR count). The van der Waals surface area contributed by atoms with Gasteiger partial charge in [-0.15, -0.1) is 0 Å². The lowest BCUT2D eigenvalue weighted by molar-refractivity contribution is 0.112. The van der Waals surface area contributed by atoms with Gasteiger partial charge in [0, 0.05) is 6.42 Å². The van der Waals surface area contributed by atoms with Crippen LogP contribution in [0.15, 0.2) is 0 Å². The average Bonchev–Trinajstić information content (AvgIpc) is 1.85. The van der Waals surface area contributed by atoms with Gasteiger partial charge in [-0.1, -0.05) is 6.92 Å². The van der Waals surface area contributed by atoms with Gasteiger partial charge >= 0.3 is 0 Å². The van der Waals surface area contributed by atoms with Crippen molar-refractivity contribution in [1.82, 2.24) is 0 Å². The minimum atomic E-state index is -2.41. The van der Waals surface area contributed by atoms with E-state index in [-0.39, 0.29) is 12.8 Å². The van der Waals surface area contributed by atoms with Gasteiger partial charge in [0.2, 0.25) is 6.43 Å². The summed E-state index contributed by atoms with van der Waals surface area (Å²) in [5.41, 5.74) is 0. The molecule has 0 amide bonds. The van der Waals surface area contributed by atoms with Gasteiger partial charge in [-0.3, -0.25) is 0 Å². The molecular formula is C7H10F3N. The summed E-state index contributed by atoms with van der Waals surface area (Å²) in [5.74, 6) is -0.426. The van der Waals surface area contributed by atoms with E-state index >= 15 is 0 Å². The van der Waals surface area contributed by atoms with E-state index in [1.54, 1.807) is 0 Å². The highest BCUT2D eigenvalue weighted by Gasteiger charge is 2.15. The van der Waals surface area contributed by atoms with E-state index in [0.29, 0.717) is 0 Å². The van der Waals surface area contributed by atoms with Crippen molar-refractivity contribution >= 4 is 0 Å². The fourth-order valence-corrected chi connectivity index (χ4v) is 0.806. The molecule has 4 heteroatoms. The van der Waals surface area contributed by atoms with Gasteiger partial charge in [-0.2, -0.15) is 5.26 Å². The van der Waals surface area contributed by atoms with Gasteiger partial charge in [0.25, 0.3) is 0 Å². The number of halogens is 3. The van der Waals surface area contributed by atoms with Crippen LogP contribution in [-0.4, -0.2) is 12.6 Å². The van der Waals surface area contributed by atoms with E-state index in [0.717, 1.165) is 0 Å². The third kappa shape index (κ3) is 5.71. The first-order valence-corrected chi connectivity index (χ1v) is 3.38. The van der Waals surface area contributed by atoms with Crippen molar-refractivity contribution in [2.75, 3.05) is 0 Å². The van der Waals surface area contributed by atoms with Gasteiger partial charge < -0.3 is 0 Å². The molecule has 0 aliphatic rings. The summed E-state index contributed by atoms with van der Waals surface area (Å²) in [4.78, 5) is 0. The van der Waals surface area contributed by atoms with Crippen molar-refractivity contribution in [3.8, 4) is 6.07 Å². The Balaban J connectivity index is 3.53. The topological polar surface area (TPSA) is 23.8 Å². The number of nitrogens with zero attached hydrogens (tertiary/aromatic N) is 1. The highest BCUT2D eigenvalue weighted by atomic mass is 19.3. The number of alkyl halides is 3. The SMILES string of the molecule is CC(CC(F)F)CC(F)C#N. The van der Waals surface area contributed by atoms with Crippen LogP contribution in [0.3, 0.4) is 0 Å². The number of hydrogen-bond acceptors (Lipinski definition) is 1. The Hall–Kier alpha value is -0.720. The van der Waals surface area contributed by atoms with Crippen molar-refractivity contribution in [2.24, 2.45) is 5.92 Å². The molecule has 0 aromatic carbocycles. The minimum absolute atomic E-state index is 0.0964. The van der Waals surface area contributed by atoms with E-state index in [2.05, 4.69) is 0 Å². The van der Waals surface area contributed by atoms with E-state index < -0.39 is 18.5 Å². The first-order valence-electron chi connectivity index (χ1n) is 3.38. The van der Waals surface area contributed by atoms with Crippen molar-refractivity contribution in [2.45, 2.75) is 32.4 Å². The zero-order valence-corrected chi connectivity index (χ0v) is 6.23. The zero-order valence-electron chi connectivity index (χ0n) is 6.23. The molecule has 11 heavy (non-hydrogen) atoms. The third-order valence-corrected chi connectivity index (χ3v) is 1.33. The summed E-state index contributed by atoms with van der Waals surface area (Å²) in [6, 6.07) is 1.36. The number of hydrogen-bond donors (Lipinski definition) is 0. The summed E-state index contributed by atoms with van der Waals surface area (Å²) < 4.78 is 35.5. The summed E-state index contributed by atoms with van der Waals surface area (Å²) in [5, 5.41) is 8.01. The van der Waals surface area contributed by atoms with Crippen LogP contribution < -0.4 is 0 Å². The lowest BCUT2D eigenvalue weighted by atomic mass is 10.0. The molecule has 0 aromatic heterocycles. The van der Waals surface area contributed by atoms with Crippen molar-refractivity contribution in [1.29, 1.82) is 5.26 Å². The standard InChI is InChI=1S/C7H10F3N/c1-5(3-7(9)10)2-6(8)4-11/h5-7H,2-3H2,1H3. The highest BCUT2D eigenvalue weighted by molar-refractivity contribution is 4.83. The van der Waals surface area contributed by atoms with E-state index in [1.807, 2.05) is 0 Å². The Morgan fingerprint density at radius 2 is 1.82 bits per heavy atom. The smallest absolute Gasteiger partial charge is 0.231 e. The van der Waals surface area contributed by atoms with E-state index in [4.69, 9.17) is 5.26 Å². The molecule has 0 aromatic rings. The van der Waals surface area contributed by atoms with Gasteiger partial charge in [-0.05, 0) is 12.3 Å². The molecule has 0 N–H and O–H groups in total. The maximum atomic E-state index is 12.2. The Morgan fingerprint density at radius 1 is 1.27 bits per heavy atom. The molecule has 0 spiro atoms. The molecule has 0 fully saturated rings. The molecule has 2 atom stereocenters. The fraction of sp³-hybridized carbons (Fsp3) is 0.857. The van der Waals surface area contributed by atoms with Crippen molar-refractivity contribution in [3.05, 3.63) is 0 Å². The van der Waals surface area contributed by atoms with Crippen LogP contribution >= 0.6 is 0 Å².